The Morgan fingerprint density at radius 1 is 1.50 bits per heavy atom. The van der Waals surface area contributed by atoms with Gasteiger partial charge >= 0.3 is 11.9 Å². The molecule has 1 aliphatic carbocycles. The molecule has 0 aromatic heterocycles. The van der Waals surface area contributed by atoms with E-state index in [-0.39, 0.29) is 18.2 Å². The van der Waals surface area contributed by atoms with Gasteiger partial charge in [0.1, 0.15) is 0 Å². The van der Waals surface area contributed by atoms with Gasteiger partial charge in [-0.3, -0.25) is 9.59 Å². The van der Waals surface area contributed by atoms with Crippen LogP contribution in [0.2, 0.25) is 0 Å². The first kappa shape index (κ1) is 17.0. The Morgan fingerprint density at radius 3 is 2.79 bits per heavy atom. The third-order valence-electron chi connectivity index (χ3n) is 5.90. The SMILES string of the molecule is COC(=O)[C@]1([C@H](O)[C@@H]2C=CCCC2)N(C)C(=O)[C@@H]2CC(=O)O[C@@]21C. The van der Waals surface area contributed by atoms with Gasteiger partial charge in [-0.1, -0.05) is 12.2 Å². The number of nitrogens with zero attached hydrogens (tertiary/aromatic N) is 1. The van der Waals surface area contributed by atoms with Gasteiger partial charge in [-0.2, -0.15) is 0 Å². The number of likely N-dealkylation sites (tertiary alicyclic amines) is 1. The zero-order valence-corrected chi connectivity index (χ0v) is 14.2. The van der Waals surface area contributed by atoms with Crippen molar-refractivity contribution in [3.63, 3.8) is 0 Å². The van der Waals surface area contributed by atoms with Crippen LogP contribution in [0.25, 0.3) is 0 Å². The molecule has 0 aromatic carbocycles. The maximum absolute atomic E-state index is 12.8. The van der Waals surface area contributed by atoms with Crippen LogP contribution in [0.1, 0.15) is 32.6 Å². The average molecular weight is 337 g/mol. The number of methoxy groups -OCH3 is 1. The van der Waals surface area contributed by atoms with Crippen LogP contribution in [-0.2, 0) is 23.9 Å². The second kappa shape index (κ2) is 5.58. The Balaban J connectivity index is 2.16. The third-order valence-corrected chi connectivity index (χ3v) is 5.90. The lowest BCUT2D eigenvalue weighted by Gasteiger charge is -2.47. The molecule has 3 aliphatic rings. The second-order valence-electron chi connectivity index (χ2n) is 6.96. The Hall–Kier alpha value is -1.89. The van der Waals surface area contributed by atoms with Crippen LogP contribution in [0, 0.1) is 11.8 Å². The minimum absolute atomic E-state index is 0.0916. The minimum Gasteiger partial charge on any atom is -0.467 e. The number of esters is 2. The normalized spacial score (nSPS) is 39.6. The van der Waals surface area contributed by atoms with Crippen LogP contribution in [0.15, 0.2) is 12.2 Å². The molecule has 0 unspecified atom stereocenters. The first-order valence-electron chi connectivity index (χ1n) is 8.23. The molecule has 2 saturated heterocycles. The van der Waals surface area contributed by atoms with Gasteiger partial charge in [0.05, 0.1) is 25.6 Å². The smallest absolute Gasteiger partial charge is 0.338 e. The lowest BCUT2D eigenvalue weighted by atomic mass is 9.68. The number of likely N-dealkylation sites (N-methyl/N-ethyl adjacent to an activating group) is 1. The lowest BCUT2D eigenvalue weighted by molar-refractivity contribution is -0.192. The number of fused-ring (bicyclic) bond motifs is 1. The number of rotatable bonds is 3. The highest BCUT2D eigenvalue weighted by atomic mass is 16.6. The van der Waals surface area contributed by atoms with Crippen LogP contribution in [0.3, 0.4) is 0 Å². The van der Waals surface area contributed by atoms with Crippen LogP contribution >= 0.6 is 0 Å². The predicted molar refractivity (Wildman–Crippen MR) is 82.6 cm³/mol. The molecule has 3 rings (SSSR count). The molecule has 2 aliphatic heterocycles. The number of allylic oxidation sites excluding steroid dienone is 1. The number of amides is 1. The quantitative estimate of drug-likeness (QED) is 0.592. The first-order valence-corrected chi connectivity index (χ1v) is 8.23. The molecule has 5 atom stereocenters. The molecular weight excluding hydrogens is 314 g/mol. The summed E-state index contributed by atoms with van der Waals surface area (Å²) >= 11 is 0. The van der Waals surface area contributed by atoms with E-state index in [0.717, 1.165) is 12.8 Å². The number of aliphatic hydroxyl groups excluding tert-OH is 1. The van der Waals surface area contributed by atoms with E-state index in [0.29, 0.717) is 6.42 Å². The van der Waals surface area contributed by atoms with Crippen molar-refractivity contribution in [3.8, 4) is 0 Å². The van der Waals surface area contributed by atoms with Crippen molar-refractivity contribution in [2.45, 2.75) is 49.9 Å². The highest BCUT2D eigenvalue weighted by Crippen LogP contribution is 2.54. The number of aliphatic hydroxyl groups is 1. The van der Waals surface area contributed by atoms with Gasteiger partial charge in [0.25, 0.3) is 0 Å². The molecule has 7 nitrogen and oxygen atoms in total. The van der Waals surface area contributed by atoms with Crippen LogP contribution in [0.4, 0.5) is 0 Å². The number of hydrogen-bond donors (Lipinski definition) is 1. The molecule has 132 valence electrons. The van der Waals surface area contributed by atoms with Crippen molar-refractivity contribution in [3.05, 3.63) is 12.2 Å². The summed E-state index contributed by atoms with van der Waals surface area (Å²) in [5.41, 5.74) is -3.20. The summed E-state index contributed by atoms with van der Waals surface area (Å²) in [6, 6.07) is 0. The van der Waals surface area contributed by atoms with Gasteiger partial charge < -0.3 is 19.5 Å². The van der Waals surface area contributed by atoms with Crippen LogP contribution in [-0.4, -0.2) is 59.3 Å². The number of ether oxygens (including phenoxy) is 2. The van der Waals surface area contributed by atoms with Crippen molar-refractivity contribution in [2.75, 3.05) is 14.2 Å². The molecule has 0 aromatic rings. The molecule has 0 spiro atoms. The van der Waals surface area contributed by atoms with Crippen LogP contribution < -0.4 is 0 Å². The van der Waals surface area contributed by atoms with Gasteiger partial charge in [0.2, 0.25) is 11.4 Å². The highest BCUT2D eigenvalue weighted by Gasteiger charge is 2.77. The standard InChI is InChI=1S/C17H23NO6/c1-16-11(9-12(19)24-16)14(21)18(2)17(16,15(22)23-3)13(20)10-7-5-4-6-8-10/h5,7,10-11,13,20H,4,6,8-9H2,1-3H3/t10-,11+,13-,16+,17+/m1/s1. The van der Waals surface area contributed by atoms with E-state index in [2.05, 4.69) is 0 Å². The largest absolute Gasteiger partial charge is 0.467 e. The van der Waals surface area contributed by atoms with E-state index in [9.17, 15) is 19.5 Å². The highest BCUT2D eigenvalue weighted by molar-refractivity contribution is 6.00. The molecule has 0 saturated carbocycles. The monoisotopic (exact) mass is 337 g/mol. The van der Waals surface area contributed by atoms with E-state index < -0.39 is 35.1 Å². The Labute approximate surface area is 140 Å². The molecule has 0 bridgehead atoms. The van der Waals surface area contributed by atoms with Crippen molar-refractivity contribution in [2.24, 2.45) is 11.8 Å². The first-order chi connectivity index (χ1) is 11.3. The molecule has 1 amide bonds. The lowest BCUT2D eigenvalue weighted by Crippen LogP contribution is -2.70. The molecule has 2 heterocycles. The number of hydrogen-bond acceptors (Lipinski definition) is 6. The number of carbonyl (C=O) groups is 3. The maximum atomic E-state index is 12.8. The van der Waals surface area contributed by atoms with Crippen LogP contribution in [0.5, 0.6) is 0 Å². The average Bonchev–Trinajstić information content (AvgIpc) is 2.96. The summed E-state index contributed by atoms with van der Waals surface area (Å²) in [5, 5.41) is 11.2. The zero-order valence-electron chi connectivity index (χ0n) is 14.2. The summed E-state index contributed by atoms with van der Waals surface area (Å²) < 4.78 is 10.4. The van der Waals surface area contributed by atoms with E-state index in [1.54, 1.807) is 6.92 Å². The Kier molecular flexibility index (Phi) is 3.94. The third kappa shape index (κ3) is 1.90. The van der Waals surface area contributed by atoms with Gasteiger partial charge in [-0.25, -0.2) is 4.79 Å². The molecule has 1 N–H and O–H groups in total. The molecule has 2 fully saturated rings. The minimum atomic E-state index is -1.75. The predicted octanol–water partition coefficient (Wildman–Crippen LogP) is 0.409. The van der Waals surface area contributed by atoms with Crippen molar-refractivity contribution < 1.29 is 29.0 Å². The fourth-order valence-corrected chi connectivity index (χ4v) is 4.64. The van der Waals surface area contributed by atoms with E-state index in [4.69, 9.17) is 9.47 Å². The van der Waals surface area contributed by atoms with E-state index >= 15 is 0 Å². The topological polar surface area (TPSA) is 93.1 Å². The number of carbonyl (C=O) groups excluding carboxylic acids is 3. The van der Waals surface area contributed by atoms with E-state index in [1.165, 1.54) is 19.1 Å². The summed E-state index contributed by atoms with van der Waals surface area (Å²) in [6.07, 6.45) is 4.99. The zero-order chi connectivity index (χ0) is 17.7. The maximum Gasteiger partial charge on any atom is 0.338 e. The van der Waals surface area contributed by atoms with Crippen molar-refractivity contribution in [1.82, 2.24) is 4.90 Å². The van der Waals surface area contributed by atoms with Crippen molar-refractivity contribution in [1.29, 1.82) is 0 Å². The molecular formula is C17H23NO6. The fraction of sp³-hybridized carbons (Fsp3) is 0.706. The molecule has 7 heteroatoms. The molecule has 24 heavy (non-hydrogen) atoms. The molecule has 0 radical (unpaired) electrons. The summed E-state index contributed by atoms with van der Waals surface area (Å²) in [4.78, 5) is 38.7. The van der Waals surface area contributed by atoms with Crippen molar-refractivity contribution >= 4 is 17.8 Å². The second-order valence-corrected chi connectivity index (χ2v) is 6.96. The fourth-order valence-electron chi connectivity index (χ4n) is 4.64. The van der Waals surface area contributed by atoms with Gasteiger partial charge in [0, 0.05) is 13.0 Å². The summed E-state index contributed by atoms with van der Waals surface area (Å²) in [7, 11) is 2.67. The Morgan fingerprint density at radius 2 is 2.21 bits per heavy atom. The summed E-state index contributed by atoms with van der Waals surface area (Å²) in [6.45, 7) is 1.55. The van der Waals surface area contributed by atoms with Gasteiger partial charge in [-0.15, -0.1) is 0 Å². The summed E-state index contributed by atoms with van der Waals surface area (Å²) in [5.74, 6) is -2.79. The Bertz CT molecular complexity index is 616. The van der Waals surface area contributed by atoms with E-state index in [1.807, 2.05) is 12.2 Å². The van der Waals surface area contributed by atoms with Gasteiger partial charge in [-0.05, 0) is 26.2 Å². The van der Waals surface area contributed by atoms with Gasteiger partial charge in [0.15, 0.2) is 5.60 Å².